The van der Waals surface area contributed by atoms with Gasteiger partial charge in [-0.2, -0.15) is 0 Å². The second-order valence-corrected chi connectivity index (χ2v) is 7.65. The number of aromatic nitrogens is 2. The van der Waals surface area contributed by atoms with Crippen molar-refractivity contribution in [1.29, 1.82) is 0 Å². The van der Waals surface area contributed by atoms with Gasteiger partial charge in [0.05, 0.1) is 24.1 Å². The number of carbonyl (C=O) groups is 1. The van der Waals surface area contributed by atoms with Crippen LogP contribution in [0.25, 0.3) is 5.52 Å². The fraction of sp³-hybridized carbons (Fsp3) is 0.250. The molecule has 0 aliphatic carbocycles. The van der Waals surface area contributed by atoms with E-state index in [9.17, 15) is 24.6 Å². The van der Waals surface area contributed by atoms with Crippen molar-refractivity contribution >= 4 is 22.9 Å². The number of hydrogen-bond acceptors (Lipinski definition) is 5. The Hall–Kier alpha value is -2.90. The maximum Gasteiger partial charge on any atom is 0.279 e. The standard InChI is InChI=1S/C20H19ClN2O5/c1-20(2,11-24)18(27)14-10-22-6-7-23(9-12-4-3-5-13(21)8-12)19(28)15(22)17(26)16(14)25/h3-8,10,24,26H,9,11H2,1-2H3. The number of benzene rings is 1. The molecular formula is C20H19ClN2O5. The molecule has 0 radical (unpaired) electrons. The number of aromatic hydroxyl groups is 1. The first kappa shape index (κ1) is 19.9. The molecule has 3 rings (SSSR count). The molecule has 2 heterocycles. The second kappa shape index (κ2) is 7.26. The van der Waals surface area contributed by atoms with E-state index >= 15 is 0 Å². The Morgan fingerprint density at radius 2 is 1.93 bits per heavy atom. The lowest BCUT2D eigenvalue weighted by Crippen LogP contribution is -2.33. The highest BCUT2D eigenvalue weighted by Gasteiger charge is 2.31. The van der Waals surface area contributed by atoms with E-state index in [1.165, 1.54) is 41.4 Å². The minimum atomic E-state index is -1.19. The van der Waals surface area contributed by atoms with Gasteiger partial charge in [0.15, 0.2) is 17.0 Å². The number of ketones is 1. The molecule has 0 spiro atoms. The Bertz CT molecular complexity index is 1190. The minimum Gasteiger partial charge on any atom is -0.503 e. The number of halogens is 1. The number of carbonyl (C=O) groups excluding carboxylic acids is 1. The van der Waals surface area contributed by atoms with Gasteiger partial charge in [0.1, 0.15) is 0 Å². The minimum absolute atomic E-state index is 0.196. The summed E-state index contributed by atoms with van der Waals surface area (Å²) in [4.78, 5) is 37.9. The van der Waals surface area contributed by atoms with Crippen LogP contribution in [0.3, 0.4) is 0 Å². The molecule has 7 nitrogen and oxygen atoms in total. The summed E-state index contributed by atoms with van der Waals surface area (Å²) in [5.41, 5.74) is -2.46. The lowest BCUT2D eigenvalue weighted by molar-refractivity contribution is 0.0723. The fourth-order valence-electron chi connectivity index (χ4n) is 2.86. The van der Waals surface area contributed by atoms with Crippen molar-refractivity contribution in [2.45, 2.75) is 20.4 Å². The SMILES string of the molecule is CC(C)(CO)C(=O)c1cn2ccn(Cc3cccc(Cl)c3)c(=O)c2c(O)c1=O. The Morgan fingerprint density at radius 3 is 2.57 bits per heavy atom. The molecule has 0 fully saturated rings. The van der Waals surface area contributed by atoms with Crippen LogP contribution in [0, 0.1) is 5.41 Å². The normalized spacial score (nSPS) is 11.7. The Labute approximate surface area is 165 Å². The van der Waals surface area contributed by atoms with Crippen LogP contribution in [0.2, 0.25) is 5.02 Å². The third-order valence-electron chi connectivity index (χ3n) is 4.58. The van der Waals surface area contributed by atoms with Gasteiger partial charge in [0, 0.05) is 23.6 Å². The van der Waals surface area contributed by atoms with Crippen molar-refractivity contribution in [2.24, 2.45) is 5.41 Å². The molecule has 0 atom stereocenters. The molecule has 0 aliphatic heterocycles. The van der Waals surface area contributed by atoms with E-state index < -0.39 is 34.5 Å². The lowest BCUT2D eigenvalue weighted by atomic mass is 9.85. The van der Waals surface area contributed by atoms with Gasteiger partial charge in [0.25, 0.3) is 5.56 Å². The van der Waals surface area contributed by atoms with Crippen LogP contribution in [-0.4, -0.2) is 31.6 Å². The summed E-state index contributed by atoms with van der Waals surface area (Å²) in [5.74, 6) is -1.42. The average Bonchev–Trinajstić information content (AvgIpc) is 2.66. The summed E-state index contributed by atoms with van der Waals surface area (Å²) in [5, 5.41) is 20.3. The van der Waals surface area contributed by atoms with E-state index in [-0.39, 0.29) is 17.6 Å². The van der Waals surface area contributed by atoms with E-state index in [2.05, 4.69) is 0 Å². The average molecular weight is 403 g/mol. The summed E-state index contributed by atoms with van der Waals surface area (Å²) in [6, 6.07) is 6.98. The van der Waals surface area contributed by atoms with Gasteiger partial charge in [-0.25, -0.2) is 0 Å². The smallest absolute Gasteiger partial charge is 0.279 e. The highest BCUT2D eigenvalue weighted by atomic mass is 35.5. The fourth-order valence-corrected chi connectivity index (χ4v) is 3.07. The third kappa shape index (κ3) is 3.46. The number of Topliss-reactive ketones (excluding diaryl/α,β-unsaturated/α-hetero) is 1. The van der Waals surface area contributed by atoms with Crippen molar-refractivity contribution in [3.63, 3.8) is 0 Å². The zero-order chi connectivity index (χ0) is 20.6. The summed E-state index contributed by atoms with van der Waals surface area (Å²) in [6.07, 6.45) is 4.18. The molecule has 0 aliphatic rings. The number of pyridine rings is 1. The number of hydrogen-bond donors (Lipinski definition) is 2. The van der Waals surface area contributed by atoms with Gasteiger partial charge in [-0.05, 0) is 17.7 Å². The van der Waals surface area contributed by atoms with Gasteiger partial charge in [-0.3, -0.25) is 14.4 Å². The molecule has 28 heavy (non-hydrogen) atoms. The molecule has 0 amide bonds. The first-order valence-corrected chi connectivity index (χ1v) is 8.91. The van der Waals surface area contributed by atoms with Crippen LogP contribution < -0.4 is 11.0 Å². The maximum absolute atomic E-state index is 12.8. The predicted molar refractivity (Wildman–Crippen MR) is 105 cm³/mol. The van der Waals surface area contributed by atoms with E-state index in [1.54, 1.807) is 24.3 Å². The van der Waals surface area contributed by atoms with Crippen molar-refractivity contribution in [3.05, 3.63) is 79.6 Å². The van der Waals surface area contributed by atoms with Crippen LogP contribution in [0.5, 0.6) is 5.75 Å². The van der Waals surface area contributed by atoms with Crippen molar-refractivity contribution in [2.75, 3.05) is 6.61 Å². The molecule has 146 valence electrons. The molecular weight excluding hydrogens is 384 g/mol. The van der Waals surface area contributed by atoms with Gasteiger partial charge in [-0.1, -0.05) is 37.6 Å². The number of aliphatic hydroxyl groups is 1. The molecule has 0 saturated heterocycles. The highest BCUT2D eigenvalue weighted by molar-refractivity contribution is 6.30. The molecule has 8 heteroatoms. The van der Waals surface area contributed by atoms with E-state index in [4.69, 9.17) is 11.6 Å². The molecule has 0 saturated carbocycles. The number of nitrogens with zero attached hydrogens (tertiary/aromatic N) is 2. The summed E-state index contributed by atoms with van der Waals surface area (Å²) < 4.78 is 2.58. The summed E-state index contributed by atoms with van der Waals surface area (Å²) in [6.45, 7) is 2.71. The first-order valence-electron chi connectivity index (χ1n) is 8.53. The van der Waals surface area contributed by atoms with Crippen LogP contribution in [0.4, 0.5) is 0 Å². The zero-order valence-electron chi connectivity index (χ0n) is 15.3. The van der Waals surface area contributed by atoms with Crippen molar-refractivity contribution < 1.29 is 15.0 Å². The number of aliphatic hydroxyl groups excluding tert-OH is 1. The monoisotopic (exact) mass is 402 g/mol. The molecule has 2 aromatic heterocycles. The molecule has 2 N–H and O–H groups in total. The van der Waals surface area contributed by atoms with E-state index in [0.29, 0.717) is 5.02 Å². The van der Waals surface area contributed by atoms with Crippen LogP contribution in [0.1, 0.15) is 29.8 Å². The van der Waals surface area contributed by atoms with Gasteiger partial charge < -0.3 is 19.2 Å². The van der Waals surface area contributed by atoms with E-state index in [1.807, 2.05) is 0 Å². The number of fused-ring (bicyclic) bond motifs is 1. The Morgan fingerprint density at radius 1 is 1.21 bits per heavy atom. The van der Waals surface area contributed by atoms with Crippen molar-refractivity contribution in [3.8, 4) is 5.75 Å². The second-order valence-electron chi connectivity index (χ2n) is 7.21. The first-order chi connectivity index (χ1) is 13.2. The van der Waals surface area contributed by atoms with Crippen LogP contribution in [-0.2, 0) is 6.54 Å². The lowest BCUT2D eigenvalue weighted by Gasteiger charge is -2.20. The molecule has 0 bridgehead atoms. The Balaban J connectivity index is 2.16. The molecule has 1 aromatic carbocycles. The molecule has 3 aromatic rings. The molecule has 0 unspecified atom stereocenters. The highest BCUT2D eigenvalue weighted by Crippen LogP contribution is 2.21. The summed E-state index contributed by atoms with van der Waals surface area (Å²) >= 11 is 5.97. The Kier molecular flexibility index (Phi) is 5.14. The van der Waals surface area contributed by atoms with Gasteiger partial charge >= 0.3 is 0 Å². The summed E-state index contributed by atoms with van der Waals surface area (Å²) in [7, 11) is 0. The van der Waals surface area contributed by atoms with Crippen LogP contribution >= 0.6 is 11.6 Å². The third-order valence-corrected chi connectivity index (χ3v) is 4.81. The van der Waals surface area contributed by atoms with Gasteiger partial charge in [-0.15, -0.1) is 0 Å². The van der Waals surface area contributed by atoms with E-state index in [0.717, 1.165) is 5.56 Å². The quantitative estimate of drug-likeness (QED) is 0.636. The number of rotatable bonds is 5. The largest absolute Gasteiger partial charge is 0.503 e. The topological polar surface area (TPSA) is 101 Å². The zero-order valence-corrected chi connectivity index (χ0v) is 16.1. The predicted octanol–water partition coefficient (Wildman–Crippen LogP) is 2.07. The van der Waals surface area contributed by atoms with Crippen molar-refractivity contribution in [1.82, 2.24) is 8.97 Å². The van der Waals surface area contributed by atoms with Crippen LogP contribution in [0.15, 0.2) is 52.4 Å². The van der Waals surface area contributed by atoms with Gasteiger partial charge in [0.2, 0.25) is 5.43 Å². The maximum atomic E-state index is 12.8.